The number of hydrogen-bond acceptors (Lipinski definition) is 1. The van der Waals surface area contributed by atoms with E-state index < -0.39 is 11.6 Å². The molecule has 1 aliphatic rings. The Morgan fingerprint density at radius 1 is 1.42 bits per heavy atom. The Hall–Kier alpha value is -0.970. The zero-order valence-corrected chi connectivity index (χ0v) is 12.3. The molecule has 5 heteroatoms. The number of hydrogen-bond donors (Lipinski definition) is 0. The van der Waals surface area contributed by atoms with Crippen LogP contribution in [0, 0.1) is 17.6 Å². The molecule has 1 saturated carbocycles. The second-order valence-corrected chi connectivity index (χ2v) is 6.39. The van der Waals surface area contributed by atoms with Crippen LogP contribution < -0.4 is 0 Å². The van der Waals surface area contributed by atoms with Crippen LogP contribution in [-0.2, 0) is 11.2 Å². The lowest BCUT2D eigenvalue weighted by Gasteiger charge is -2.34. The smallest absolute Gasteiger partial charge is 0.226 e. The number of carbonyl (C=O) groups is 1. The number of likely N-dealkylation sites (N-methyl/N-ethyl adjacent to an activating group) is 1. The zero-order valence-electron chi connectivity index (χ0n) is 10.7. The summed E-state index contributed by atoms with van der Waals surface area (Å²) in [7, 11) is 1.71. The molecule has 1 aromatic rings. The Balaban J connectivity index is 1.91. The molecule has 2 rings (SSSR count). The van der Waals surface area contributed by atoms with Crippen LogP contribution in [0.1, 0.15) is 18.4 Å². The highest BCUT2D eigenvalue weighted by molar-refractivity contribution is 9.09. The third kappa shape index (κ3) is 3.53. The average Bonchev–Trinajstić information content (AvgIpc) is 2.33. The predicted molar refractivity (Wildman–Crippen MR) is 73.1 cm³/mol. The minimum atomic E-state index is -0.923. The zero-order chi connectivity index (χ0) is 14.0. The van der Waals surface area contributed by atoms with E-state index in [0.29, 0.717) is 17.3 Å². The van der Waals surface area contributed by atoms with E-state index in [-0.39, 0.29) is 17.9 Å². The van der Waals surface area contributed by atoms with Crippen LogP contribution in [0.4, 0.5) is 8.78 Å². The Morgan fingerprint density at radius 3 is 2.74 bits per heavy atom. The summed E-state index contributed by atoms with van der Waals surface area (Å²) >= 11 is 3.50. The molecular weight excluding hydrogens is 316 g/mol. The topological polar surface area (TPSA) is 20.3 Å². The van der Waals surface area contributed by atoms with E-state index in [4.69, 9.17) is 0 Å². The molecule has 104 valence electrons. The van der Waals surface area contributed by atoms with Gasteiger partial charge in [0.25, 0.3) is 0 Å². The molecular formula is C14H16BrF2NO. The first kappa shape index (κ1) is 14.4. The van der Waals surface area contributed by atoms with Gasteiger partial charge in [-0.05, 0) is 24.8 Å². The van der Waals surface area contributed by atoms with Gasteiger partial charge in [0.2, 0.25) is 5.91 Å². The molecule has 1 aromatic carbocycles. The van der Waals surface area contributed by atoms with Gasteiger partial charge in [0.1, 0.15) is 0 Å². The Bertz CT molecular complexity index is 475. The van der Waals surface area contributed by atoms with Crippen molar-refractivity contribution in [2.75, 3.05) is 13.6 Å². The molecule has 0 atom stereocenters. The summed E-state index contributed by atoms with van der Waals surface area (Å²) in [6, 6.07) is 3.92. The van der Waals surface area contributed by atoms with Gasteiger partial charge in [-0.15, -0.1) is 0 Å². The first-order chi connectivity index (χ1) is 8.97. The highest BCUT2D eigenvalue weighted by Crippen LogP contribution is 2.33. The van der Waals surface area contributed by atoms with E-state index in [9.17, 15) is 13.6 Å². The fraction of sp³-hybridized carbons (Fsp3) is 0.500. The molecule has 0 spiro atoms. The minimum absolute atomic E-state index is 0.0927. The number of halogens is 3. The van der Waals surface area contributed by atoms with Gasteiger partial charge in [0.15, 0.2) is 11.6 Å². The van der Waals surface area contributed by atoms with E-state index in [1.165, 1.54) is 12.1 Å². The summed E-state index contributed by atoms with van der Waals surface area (Å²) in [5.74, 6) is -1.50. The van der Waals surface area contributed by atoms with Gasteiger partial charge in [-0.25, -0.2) is 8.78 Å². The quantitative estimate of drug-likeness (QED) is 0.776. The van der Waals surface area contributed by atoms with Crippen molar-refractivity contribution < 1.29 is 13.6 Å². The molecule has 0 unspecified atom stereocenters. The second-order valence-electron chi connectivity index (χ2n) is 5.10. The van der Waals surface area contributed by atoms with Gasteiger partial charge in [-0.3, -0.25) is 4.79 Å². The van der Waals surface area contributed by atoms with Gasteiger partial charge in [0, 0.05) is 24.0 Å². The number of nitrogens with zero attached hydrogens (tertiary/aromatic N) is 1. The number of rotatable bonds is 4. The highest BCUT2D eigenvalue weighted by atomic mass is 79.9. The molecule has 0 bridgehead atoms. The molecule has 0 saturated heterocycles. The molecule has 1 aliphatic carbocycles. The molecule has 0 radical (unpaired) electrons. The molecule has 1 fully saturated rings. The first-order valence-electron chi connectivity index (χ1n) is 6.28. The average molecular weight is 332 g/mol. The SMILES string of the molecule is CN(CC1CC(Br)C1)C(=O)Cc1cccc(F)c1F. The molecule has 0 heterocycles. The Morgan fingerprint density at radius 2 is 2.11 bits per heavy atom. The van der Waals surface area contributed by atoms with Crippen molar-refractivity contribution in [3.05, 3.63) is 35.4 Å². The highest BCUT2D eigenvalue weighted by Gasteiger charge is 2.28. The third-order valence-corrected chi connectivity index (χ3v) is 4.26. The van der Waals surface area contributed by atoms with Gasteiger partial charge < -0.3 is 4.90 Å². The Labute approximate surface area is 119 Å². The van der Waals surface area contributed by atoms with E-state index in [1.807, 2.05) is 0 Å². The fourth-order valence-corrected chi connectivity index (χ4v) is 3.33. The maximum Gasteiger partial charge on any atom is 0.226 e. The van der Waals surface area contributed by atoms with Crippen LogP contribution >= 0.6 is 15.9 Å². The van der Waals surface area contributed by atoms with Gasteiger partial charge in [-0.1, -0.05) is 28.1 Å². The summed E-state index contributed by atoms with van der Waals surface area (Å²) in [5, 5.41) is 0. The minimum Gasteiger partial charge on any atom is -0.345 e. The van der Waals surface area contributed by atoms with Gasteiger partial charge in [0.05, 0.1) is 6.42 Å². The van der Waals surface area contributed by atoms with E-state index in [1.54, 1.807) is 11.9 Å². The van der Waals surface area contributed by atoms with E-state index in [0.717, 1.165) is 18.9 Å². The summed E-state index contributed by atoms with van der Waals surface area (Å²) in [4.78, 5) is 14.1. The number of benzene rings is 1. The summed E-state index contributed by atoms with van der Waals surface area (Å²) in [5.41, 5.74) is 0.115. The largest absolute Gasteiger partial charge is 0.345 e. The number of carbonyl (C=O) groups excluding carboxylic acids is 1. The fourth-order valence-electron chi connectivity index (χ4n) is 2.28. The second kappa shape index (κ2) is 5.99. The number of alkyl halides is 1. The van der Waals surface area contributed by atoms with E-state index in [2.05, 4.69) is 15.9 Å². The van der Waals surface area contributed by atoms with Crippen molar-refractivity contribution >= 4 is 21.8 Å². The predicted octanol–water partition coefficient (Wildman–Crippen LogP) is 3.14. The first-order valence-corrected chi connectivity index (χ1v) is 7.20. The van der Waals surface area contributed by atoms with Crippen LogP contribution in [0.2, 0.25) is 0 Å². The van der Waals surface area contributed by atoms with Crippen LogP contribution in [-0.4, -0.2) is 29.2 Å². The monoisotopic (exact) mass is 331 g/mol. The Kier molecular flexibility index (Phi) is 4.55. The molecule has 0 aliphatic heterocycles. The van der Waals surface area contributed by atoms with Crippen molar-refractivity contribution in [3.8, 4) is 0 Å². The molecule has 0 N–H and O–H groups in total. The molecule has 1 amide bonds. The molecule has 0 aromatic heterocycles. The normalized spacial score (nSPS) is 21.9. The van der Waals surface area contributed by atoms with Crippen molar-refractivity contribution in [1.82, 2.24) is 4.90 Å². The maximum absolute atomic E-state index is 13.5. The molecule has 19 heavy (non-hydrogen) atoms. The maximum atomic E-state index is 13.5. The van der Waals surface area contributed by atoms with Crippen LogP contribution in [0.25, 0.3) is 0 Å². The van der Waals surface area contributed by atoms with E-state index >= 15 is 0 Å². The van der Waals surface area contributed by atoms with Gasteiger partial charge >= 0.3 is 0 Å². The van der Waals surface area contributed by atoms with Crippen molar-refractivity contribution in [2.24, 2.45) is 5.92 Å². The summed E-state index contributed by atoms with van der Waals surface area (Å²) in [6.07, 6.45) is 2.03. The van der Waals surface area contributed by atoms with Crippen LogP contribution in [0.15, 0.2) is 18.2 Å². The summed E-state index contributed by atoms with van der Waals surface area (Å²) < 4.78 is 26.5. The van der Waals surface area contributed by atoms with Gasteiger partial charge in [-0.2, -0.15) is 0 Å². The standard InChI is InChI=1S/C14H16BrF2NO/c1-18(8-9-5-11(15)6-9)13(19)7-10-3-2-4-12(16)14(10)17/h2-4,9,11H,5-8H2,1H3. The number of amides is 1. The lowest BCUT2D eigenvalue weighted by molar-refractivity contribution is -0.130. The lowest BCUT2D eigenvalue weighted by Crippen LogP contribution is -2.38. The van der Waals surface area contributed by atoms with Crippen molar-refractivity contribution in [2.45, 2.75) is 24.1 Å². The van der Waals surface area contributed by atoms with Crippen molar-refractivity contribution in [1.29, 1.82) is 0 Å². The third-order valence-electron chi connectivity index (χ3n) is 3.51. The molecule has 2 nitrogen and oxygen atoms in total. The lowest BCUT2D eigenvalue weighted by atomic mass is 9.85. The van der Waals surface area contributed by atoms with Crippen LogP contribution in [0.3, 0.4) is 0 Å². The van der Waals surface area contributed by atoms with Crippen LogP contribution in [0.5, 0.6) is 0 Å². The van der Waals surface area contributed by atoms with Crippen molar-refractivity contribution in [3.63, 3.8) is 0 Å². The summed E-state index contributed by atoms with van der Waals surface area (Å²) in [6.45, 7) is 0.678.